The predicted octanol–water partition coefficient (Wildman–Crippen LogP) is -1.79. The number of rotatable bonds is 5. The third kappa shape index (κ3) is 2.37. The van der Waals surface area contributed by atoms with E-state index < -0.39 is 34.5 Å². The van der Waals surface area contributed by atoms with Gasteiger partial charge in [0.05, 0.1) is 11.1 Å². The van der Waals surface area contributed by atoms with Gasteiger partial charge >= 0.3 is 0 Å². The van der Waals surface area contributed by atoms with Gasteiger partial charge in [-0.3, -0.25) is 19.2 Å². The molecule has 0 aliphatic rings. The lowest BCUT2D eigenvalue weighted by Gasteiger charge is -1.99. The van der Waals surface area contributed by atoms with Crippen LogP contribution < -0.4 is 11.5 Å². The fraction of sp³-hybridized carbons (Fsp3) is 0. The zero-order valence-electron chi connectivity index (χ0n) is 7.20. The van der Waals surface area contributed by atoms with Gasteiger partial charge in [-0.1, -0.05) is 13.2 Å². The third-order valence-electron chi connectivity index (χ3n) is 1.35. The first-order chi connectivity index (χ1) is 6.29. The van der Waals surface area contributed by atoms with E-state index in [-0.39, 0.29) is 0 Å². The molecule has 2 amide bonds. The van der Waals surface area contributed by atoms with Gasteiger partial charge in [-0.05, 0) is 0 Å². The highest BCUT2D eigenvalue weighted by atomic mass is 16.2. The summed E-state index contributed by atoms with van der Waals surface area (Å²) < 4.78 is 0. The monoisotopic (exact) mass is 196 g/mol. The molecule has 0 rings (SSSR count). The minimum atomic E-state index is -1.28. The summed E-state index contributed by atoms with van der Waals surface area (Å²) in [6, 6.07) is 0. The summed E-state index contributed by atoms with van der Waals surface area (Å²) >= 11 is 0. The van der Waals surface area contributed by atoms with E-state index in [2.05, 4.69) is 13.2 Å². The Bertz CT molecular complexity index is 332. The van der Waals surface area contributed by atoms with Crippen LogP contribution in [0.15, 0.2) is 24.3 Å². The van der Waals surface area contributed by atoms with E-state index in [4.69, 9.17) is 11.5 Å². The van der Waals surface area contributed by atoms with Crippen LogP contribution in [0.5, 0.6) is 0 Å². The second kappa shape index (κ2) is 4.13. The van der Waals surface area contributed by atoms with Crippen LogP contribution in [0.4, 0.5) is 0 Å². The maximum Gasteiger partial charge on any atom is 0.252 e. The average Bonchev–Trinajstić information content (AvgIpc) is 2.12. The van der Waals surface area contributed by atoms with Crippen molar-refractivity contribution in [1.29, 1.82) is 0 Å². The number of amides is 2. The summed E-state index contributed by atoms with van der Waals surface area (Å²) in [6.45, 7) is 5.96. The highest BCUT2D eigenvalue weighted by Crippen LogP contribution is 1.99. The van der Waals surface area contributed by atoms with Crippen LogP contribution in [0.3, 0.4) is 0 Å². The van der Waals surface area contributed by atoms with Gasteiger partial charge in [0.15, 0.2) is 0 Å². The second-order valence-electron chi connectivity index (χ2n) is 2.34. The molecular formula is C8H8N2O4. The van der Waals surface area contributed by atoms with E-state index in [1.165, 1.54) is 0 Å². The minimum absolute atomic E-state index is 0.711. The molecule has 0 aromatic heterocycles. The topological polar surface area (TPSA) is 120 Å². The second-order valence-corrected chi connectivity index (χ2v) is 2.34. The Kier molecular flexibility index (Phi) is 3.47. The molecule has 0 aliphatic heterocycles. The molecule has 0 fully saturated rings. The van der Waals surface area contributed by atoms with Gasteiger partial charge in [0, 0.05) is 0 Å². The van der Waals surface area contributed by atoms with Crippen molar-refractivity contribution in [3.05, 3.63) is 24.3 Å². The number of ketones is 2. The molecule has 0 aliphatic carbocycles. The predicted molar refractivity (Wildman–Crippen MR) is 46.7 cm³/mol. The SMILES string of the molecule is C=C(C(N)=O)C(=O)C(=O)C(=C)C(N)=O. The van der Waals surface area contributed by atoms with Crippen LogP contribution >= 0.6 is 0 Å². The molecule has 0 saturated carbocycles. The van der Waals surface area contributed by atoms with Crippen molar-refractivity contribution in [2.75, 3.05) is 0 Å². The van der Waals surface area contributed by atoms with Gasteiger partial charge in [-0.15, -0.1) is 0 Å². The number of Topliss-reactive ketones (excluding diaryl/α,β-unsaturated/α-hetero) is 2. The molecule has 6 heteroatoms. The Balaban J connectivity index is 4.82. The van der Waals surface area contributed by atoms with Crippen LogP contribution in [0.25, 0.3) is 0 Å². The van der Waals surface area contributed by atoms with Gasteiger partial charge in [-0.25, -0.2) is 0 Å². The van der Waals surface area contributed by atoms with Crippen LogP contribution in [0.2, 0.25) is 0 Å². The molecule has 14 heavy (non-hydrogen) atoms. The van der Waals surface area contributed by atoms with Crippen molar-refractivity contribution >= 4 is 23.4 Å². The maximum absolute atomic E-state index is 11.0. The minimum Gasteiger partial charge on any atom is -0.365 e. The van der Waals surface area contributed by atoms with Gasteiger partial charge in [0.2, 0.25) is 11.6 Å². The van der Waals surface area contributed by atoms with E-state index in [0.29, 0.717) is 0 Å². The molecule has 0 aromatic carbocycles. The number of carbonyl (C=O) groups excluding carboxylic acids is 4. The first kappa shape index (κ1) is 11.8. The zero-order valence-corrected chi connectivity index (χ0v) is 7.20. The largest absolute Gasteiger partial charge is 0.365 e. The van der Waals surface area contributed by atoms with Crippen molar-refractivity contribution in [3.63, 3.8) is 0 Å². The van der Waals surface area contributed by atoms with Crippen molar-refractivity contribution in [2.24, 2.45) is 11.5 Å². The quantitative estimate of drug-likeness (QED) is 0.233. The molecule has 0 heterocycles. The molecule has 0 bridgehead atoms. The Hall–Kier alpha value is -2.24. The number of nitrogens with two attached hydrogens (primary N) is 2. The summed E-state index contributed by atoms with van der Waals surface area (Å²) in [7, 11) is 0. The molecule has 0 aromatic rings. The van der Waals surface area contributed by atoms with Crippen molar-refractivity contribution in [3.8, 4) is 0 Å². The van der Waals surface area contributed by atoms with Crippen molar-refractivity contribution in [2.45, 2.75) is 0 Å². The van der Waals surface area contributed by atoms with Crippen molar-refractivity contribution < 1.29 is 19.2 Å². The normalized spacial score (nSPS) is 8.86. The van der Waals surface area contributed by atoms with Gasteiger partial charge in [0.25, 0.3) is 11.8 Å². The molecule has 6 nitrogen and oxygen atoms in total. The Morgan fingerprint density at radius 1 is 0.714 bits per heavy atom. The van der Waals surface area contributed by atoms with Crippen LogP contribution in [-0.4, -0.2) is 23.4 Å². The third-order valence-corrected chi connectivity index (χ3v) is 1.35. The summed E-state index contributed by atoms with van der Waals surface area (Å²) in [5, 5.41) is 0. The fourth-order valence-corrected chi connectivity index (χ4v) is 0.498. The summed E-state index contributed by atoms with van der Waals surface area (Å²) in [4.78, 5) is 42.9. The molecule has 0 saturated heterocycles. The smallest absolute Gasteiger partial charge is 0.252 e. The Morgan fingerprint density at radius 3 is 1.07 bits per heavy atom. The lowest BCUT2D eigenvalue weighted by Crippen LogP contribution is -2.30. The van der Waals surface area contributed by atoms with Crippen LogP contribution in [0.1, 0.15) is 0 Å². The fourth-order valence-electron chi connectivity index (χ4n) is 0.498. The number of primary amides is 2. The lowest BCUT2D eigenvalue weighted by atomic mass is 10.0. The van der Waals surface area contributed by atoms with E-state index in [1.54, 1.807) is 0 Å². The van der Waals surface area contributed by atoms with Crippen LogP contribution in [-0.2, 0) is 19.2 Å². The molecule has 4 N–H and O–H groups in total. The standard InChI is InChI=1S/C8H8N2O4/c1-3(7(9)13)5(11)6(12)4(2)8(10)14/h1-2H2,(H2,9,13)(H2,10,14). The van der Waals surface area contributed by atoms with E-state index in [0.717, 1.165) is 0 Å². The number of carbonyl (C=O) groups is 4. The Labute approximate surface area is 79.2 Å². The molecular weight excluding hydrogens is 188 g/mol. The number of hydrogen-bond donors (Lipinski definition) is 2. The molecule has 74 valence electrons. The molecule has 0 atom stereocenters. The first-order valence-corrected chi connectivity index (χ1v) is 3.35. The van der Waals surface area contributed by atoms with Gasteiger partial charge < -0.3 is 11.5 Å². The average molecular weight is 196 g/mol. The highest BCUT2D eigenvalue weighted by Gasteiger charge is 2.25. The highest BCUT2D eigenvalue weighted by molar-refractivity contribution is 6.57. The lowest BCUT2D eigenvalue weighted by molar-refractivity contribution is -0.134. The summed E-state index contributed by atoms with van der Waals surface area (Å²) in [5.74, 6) is -4.83. The first-order valence-electron chi connectivity index (χ1n) is 3.35. The van der Waals surface area contributed by atoms with Crippen molar-refractivity contribution in [1.82, 2.24) is 0 Å². The zero-order chi connectivity index (χ0) is 11.5. The molecule has 0 spiro atoms. The summed E-state index contributed by atoms with van der Waals surface area (Å²) in [5.41, 5.74) is 7.97. The van der Waals surface area contributed by atoms with E-state index in [9.17, 15) is 19.2 Å². The molecule has 0 radical (unpaired) electrons. The Morgan fingerprint density at radius 2 is 0.929 bits per heavy atom. The maximum atomic E-state index is 11.0. The van der Waals surface area contributed by atoms with E-state index in [1.807, 2.05) is 0 Å². The number of hydrogen-bond acceptors (Lipinski definition) is 4. The molecule has 0 unspecified atom stereocenters. The summed E-state index contributed by atoms with van der Waals surface area (Å²) in [6.07, 6.45) is 0. The van der Waals surface area contributed by atoms with E-state index >= 15 is 0 Å². The van der Waals surface area contributed by atoms with Gasteiger partial charge in [0.1, 0.15) is 0 Å². The van der Waals surface area contributed by atoms with Crippen LogP contribution in [0, 0.1) is 0 Å². The van der Waals surface area contributed by atoms with Gasteiger partial charge in [-0.2, -0.15) is 0 Å².